The van der Waals surface area contributed by atoms with Crippen molar-refractivity contribution in [3.8, 4) is 0 Å². The van der Waals surface area contributed by atoms with E-state index in [9.17, 15) is 0 Å². The van der Waals surface area contributed by atoms with Gasteiger partial charge in [0.2, 0.25) is 0 Å². The molecule has 0 spiro atoms. The molecule has 1 aliphatic heterocycles. The number of ether oxygens (including phenoxy) is 1. The van der Waals surface area contributed by atoms with Crippen LogP contribution >= 0.6 is 0 Å². The number of nitrogens with one attached hydrogen (secondary N) is 1. The van der Waals surface area contributed by atoms with Crippen molar-refractivity contribution >= 4 is 11.8 Å². The van der Waals surface area contributed by atoms with Gasteiger partial charge in [0.1, 0.15) is 24.3 Å². The number of anilines is 1. The summed E-state index contributed by atoms with van der Waals surface area (Å²) >= 11 is 0. The van der Waals surface area contributed by atoms with E-state index < -0.39 is 6.10 Å². The molecule has 0 unspecified atom stereocenters. The third kappa shape index (κ3) is 2.54. The standard InChI is InChI=1S/C9H15N5O3/c10-9-11-1-7-8(13-9)14(4-12-7)5-17-6(2-15)3-16/h4,6,15-16H,1-3,5H2,(H3,10,11,13). The van der Waals surface area contributed by atoms with Crippen LogP contribution in [0.25, 0.3) is 0 Å². The Morgan fingerprint density at radius 2 is 2.29 bits per heavy atom. The lowest BCUT2D eigenvalue weighted by atomic mass is 10.4. The average Bonchev–Trinajstić information content (AvgIpc) is 2.73. The summed E-state index contributed by atoms with van der Waals surface area (Å²) in [5.41, 5.74) is 6.35. The number of guanidine groups is 1. The first kappa shape index (κ1) is 11.8. The molecule has 0 aliphatic carbocycles. The largest absolute Gasteiger partial charge is 0.394 e. The second-order valence-corrected chi connectivity index (χ2v) is 3.62. The monoisotopic (exact) mass is 241 g/mol. The van der Waals surface area contributed by atoms with Crippen molar-refractivity contribution in [3.05, 3.63) is 12.0 Å². The van der Waals surface area contributed by atoms with E-state index in [0.717, 1.165) is 11.5 Å². The van der Waals surface area contributed by atoms with Crippen molar-refractivity contribution in [3.63, 3.8) is 0 Å². The lowest BCUT2D eigenvalue weighted by molar-refractivity contribution is -0.0493. The third-order valence-corrected chi connectivity index (χ3v) is 2.42. The van der Waals surface area contributed by atoms with Gasteiger partial charge >= 0.3 is 0 Å². The van der Waals surface area contributed by atoms with Crippen LogP contribution in [0.1, 0.15) is 5.69 Å². The molecule has 2 rings (SSSR count). The molecule has 2 heterocycles. The number of rotatable bonds is 5. The molecular formula is C9H15N5O3. The molecule has 0 fully saturated rings. The number of aliphatic hydroxyl groups is 2. The van der Waals surface area contributed by atoms with Crippen LogP contribution in [0.5, 0.6) is 0 Å². The van der Waals surface area contributed by atoms with E-state index in [-0.39, 0.29) is 19.9 Å². The average molecular weight is 241 g/mol. The number of fused-ring (bicyclic) bond motifs is 1. The van der Waals surface area contributed by atoms with Gasteiger partial charge in [-0.15, -0.1) is 0 Å². The fraction of sp³-hybridized carbons (Fsp3) is 0.556. The highest BCUT2D eigenvalue weighted by molar-refractivity contribution is 5.93. The van der Waals surface area contributed by atoms with Crippen molar-refractivity contribution in [1.82, 2.24) is 9.55 Å². The van der Waals surface area contributed by atoms with Crippen molar-refractivity contribution in [2.45, 2.75) is 19.4 Å². The normalized spacial score (nSPS) is 14.4. The minimum Gasteiger partial charge on any atom is -0.394 e. The summed E-state index contributed by atoms with van der Waals surface area (Å²) in [5, 5.41) is 20.6. The first-order chi connectivity index (χ1) is 8.24. The van der Waals surface area contributed by atoms with Crippen molar-refractivity contribution in [1.29, 1.82) is 0 Å². The van der Waals surface area contributed by atoms with Gasteiger partial charge in [0.25, 0.3) is 0 Å². The zero-order valence-electron chi connectivity index (χ0n) is 9.20. The summed E-state index contributed by atoms with van der Waals surface area (Å²) in [5.74, 6) is 1.06. The van der Waals surface area contributed by atoms with Gasteiger partial charge < -0.3 is 26.0 Å². The predicted molar refractivity (Wildman–Crippen MR) is 60.2 cm³/mol. The molecular weight excluding hydrogens is 226 g/mol. The number of hydrogen-bond donors (Lipinski definition) is 4. The van der Waals surface area contributed by atoms with E-state index in [1.165, 1.54) is 0 Å². The Balaban J connectivity index is 2.01. The topological polar surface area (TPSA) is 118 Å². The maximum absolute atomic E-state index is 8.87. The highest BCUT2D eigenvalue weighted by atomic mass is 16.5. The first-order valence-corrected chi connectivity index (χ1v) is 5.19. The number of nitrogens with two attached hydrogens (primary N) is 1. The number of imidazole rings is 1. The van der Waals surface area contributed by atoms with Gasteiger partial charge in [0.05, 0.1) is 26.1 Å². The summed E-state index contributed by atoms with van der Waals surface area (Å²) in [6, 6.07) is 0. The summed E-state index contributed by atoms with van der Waals surface area (Å²) in [7, 11) is 0. The van der Waals surface area contributed by atoms with E-state index >= 15 is 0 Å². The van der Waals surface area contributed by atoms with Crippen molar-refractivity contribution in [2.75, 3.05) is 18.5 Å². The molecule has 17 heavy (non-hydrogen) atoms. The first-order valence-electron chi connectivity index (χ1n) is 5.19. The lowest BCUT2D eigenvalue weighted by Crippen LogP contribution is -2.28. The fourth-order valence-corrected chi connectivity index (χ4v) is 1.45. The smallest absolute Gasteiger partial charge is 0.194 e. The summed E-state index contributed by atoms with van der Waals surface area (Å²) in [4.78, 5) is 8.15. The van der Waals surface area contributed by atoms with Gasteiger partial charge in [-0.3, -0.25) is 4.57 Å². The maximum Gasteiger partial charge on any atom is 0.194 e. The molecule has 94 valence electrons. The Bertz CT molecular complexity index is 413. The van der Waals surface area contributed by atoms with E-state index in [4.69, 9.17) is 20.7 Å². The highest BCUT2D eigenvalue weighted by Gasteiger charge is 2.16. The quantitative estimate of drug-likeness (QED) is 0.495. The Hall–Kier alpha value is -1.64. The van der Waals surface area contributed by atoms with Gasteiger partial charge in [-0.25, -0.2) is 9.98 Å². The highest BCUT2D eigenvalue weighted by Crippen LogP contribution is 2.18. The van der Waals surface area contributed by atoms with Crippen LogP contribution in [0.4, 0.5) is 5.82 Å². The Morgan fingerprint density at radius 3 is 3.00 bits per heavy atom. The minimum absolute atomic E-state index is 0.175. The molecule has 0 bridgehead atoms. The third-order valence-electron chi connectivity index (χ3n) is 2.42. The Kier molecular flexibility index (Phi) is 3.57. The lowest BCUT2D eigenvalue weighted by Gasteiger charge is -2.17. The van der Waals surface area contributed by atoms with Gasteiger partial charge in [0, 0.05) is 0 Å². The van der Waals surface area contributed by atoms with Crippen molar-refractivity contribution in [2.24, 2.45) is 10.7 Å². The van der Waals surface area contributed by atoms with Crippen LogP contribution in [-0.2, 0) is 18.0 Å². The molecule has 0 radical (unpaired) electrons. The molecule has 5 N–H and O–H groups in total. The molecule has 8 nitrogen and oxygen atoms in total. The number of aliphatic imine (C=N–C) groups is 1. The van der Waals surface area contributed by atoms with Crippen LogP contribution in [0.2, 0.25) is 0 Å². The molecule has 0 amide bonds. The molecule has 0 atom stereocenters. The van der Waals surface area contributed by atoms with E-state index in [1.54, 1.807) is 10.9 Å². The van der Waals surface area contributed by atoms with Gasteiger partial charge in [-0.05, 0) is 0 Å². The van der Waals surface area contributed by atoms with Gasteiger partial charge in [-0.2, -0.15) is 0 Å². The van der Waals surface area contributed by atoms with E-state index in [1.807, 2.05) is 0 Å². The molecule has 0 saturated carbocycles. The minimum atomic E-state index is -0.595. The van der Waals surface area contributed by atoms with Crippen LogP contribution in [0.3, 0.4) is 0 Å². The van der Waals surface area contributed by atoms with Crippen LogP contribution < -0.4 is 11.1 Å². The van der Waals surface area contributed by atoms with Gasteiger partial charge in [0.15, 0.2) is 5.96 Å². The van der Waals surface area contributed by atoms with Crippen LogP contribution in [-0.4, -0.2) is 45.0 Å². The maximum atomic E-state index is 8.87. The van der Waals surface area contributed by atoms with Gasteiger partial charge in [-0.1, -0.05) is 0 Å². The molecule has 8 heteroatoms. The van der Waals surface area contributed by atoms with Crippen LogP contribution in [0.15, 0.2) is 11.3 Å². The van der Waals surface area contributed by atoms with E-state index in [2.05, 4.69) is 15.3 Å². The number of aliphatic hydroxyl groups excluding tert-OH is 2. The molecule has 0 aromatic carbocycles. The number of nitrogens with zero attached hydrogens (tertiary/aromatic N) is 3. The zero-order chi connectivity index (χ0) is 12.3. The summed E-state index contributed by atoms with van der Waals surface area (Å²) in [6.07, 6.45) is 1.00. The Morgan fingerprint density at radius 1 is 1.53 bits per heavy atom. The summed E-state index contributed by atoms with van der Waals surface area (Å²) < 4.78 is 6.99. The predicted octanol–water partition coefficient (Wildman–Crippen LogP) is -1.55. The summed E-state index contributed by atoms with van der Waals surface area (Å²) in [6.45, 7) is 0.147. The van der Waals surface area contributed by atoms with Crippen molar-refractivity contribution < 1.29 is 14.9 Å². The number of hydrogen-bond acceptors (Lipinski definition) is 7. The Labute approximate surface area is 97.7 Å². The fourth-order valence-electron chi connectivity index (χ4n) is 1.45. The number of aromatic nitrogens is 2. The molecule has 1 aliphatic rings. The molecule has 0 saturated heterocycles. The second-order valence-electron chi connectivity index (χ2n) is 3.62. The van der Waals surface area contributed by atoms with Crippen LogP contribution in [0, 0.1) is 0 Å². The SMILES string of the molecule is NC1=NCc2ncn(COC(CO)CO)c2N1. The van der Waals surface area contributed by atoms with E-state index in [0.29, 0.717) is 12.5 Å². The molecule has 1 aromatic rings. The zero-order valence-corrected chi connectivity index (χ0v) is 9.20. The molecule has 1 aromatic heterocycles. The second kappa shape index (κ2) is 5.13.